The summed E-state index contributed by atoms with van der Waals surface area (Å²) in [6, 6.07) is 0. The molecule has 0 aliphatic rings. The van der Waals surface area contributed by atoms with Crippen molar-refractivity contribution >= 4 is 13.7 Å². The third kappa shape index (κ3) is 24.5. The van der Waals surface area contributed by atoms with Crippen LogP contribution in [0.2, 0.25) is 0 Å². The van der Waals surface area contributed by atoms with Gasteiger partial charge in [0.1, 0.15) is 0 Å². The van der Waals surface area contributed by atoms with E-state index in [0.29, 0.717) is 6.42 Å². The Morgan fingerprint density at radius 2 is 1.38 bits per heavy atom. The second-order valence-corrected chi connectivity index (χ2v) is 7.89. The molecule has 0 aromatic rings. The first-order valence-corrected chi connectivity index (χ1v) is 12.1. The van der Waals surface area contributed by atoms with E-state index in [1.165, 1.54) is 25.7 Å². The van der Waals surface area contributed by atoms with Crippen molar-refractivity contribution in [3.05, 3.63) is 48.6 Å². The molecule has 0 saturated carbocycles. The van der Waals surface area contributed by atoms with E-state index in [4.69, 9.17) is 9.79 Å². The molecule has 1 amide bonds. The number of allylic oxidation sites excluding steroid dienone is 8. The van der Waals surface area contributed by atoms with Gasteiger partial charge >= 0.3 is 7.82 Å². The summed E-state index contributed by atoms with van der Waals surface area (Å²) < 4.78 is 14.7. The summed E-state index contributed by atoms with van der Waals surface area (Å²) in [5, 5.41) is 2.56. The number of carbonyl (C=O) groups is 1. The first-order chi connectivity index (χ1) is 14.0. The average Bonchev–Trinajstić information content (AvgIpc) is 2.67. The van der Waals surface area contributed by atoms with Gasteiger partial charge in [0.25, 0.3) is 0 Å². The Kier molecular flexibility index (Phi) is 18.8. The lowest BCUT2D eigenvalue weighted by molar-refractivity contribution is -0.121. The molecule has 29 heavy (non-hydrogen) atoms. The molecule has 0 spiro atoms. The van der Waals surface area contributed by atoms with E-state index < -0.39 is 7.82 Å². The van der Waals surface area contributed by atoms with Gasteiger partial charge in [-0.05, 0) is 44.9 Å². The fraction of sp³-hybridized carbons (Fsp3) is 0.591. The number of phosphoric acid groups is 1. The number of hydrogen-bond donors (Lipinski definition) is 3. The number of unbranched alkanes of at least 4 members (excludes halogenated alkanes) is 4. The van der Waals surface area contributed by atoms with Crippen molar-refractivity contribution in [2.24, 2.45) is 0 Å². The lowest BCUT2D eigenvalue weighted by atomic mass is 10.2. The summed E-state index contributed by atoms with van der Waals surface area (Å²) in [6.07, 6.45) is 27.2. The maximum atomic E-state index is 11.5. The van der Waals surface area contributed by atoms with Gasteiger partial charge in [0, 0.05) is 13.0 Å². The second kappa shape index (κ2) is 19.8. The highest BCUT2D eigenvalue weighted by molar-refractivity contribution is 7.46. The maximum Gasteiger partial charge on any atom is 0.469 e. The van der Waals surface area contributed by atoms with E-state index in [0.717, 1.165) is 32.1 Å². The number of phosphoric ester groups is 1. The lowest BCUT2D eigenvalue weighted by Crippen LogP contribution is -2.26. The van der Waals surface area contributed by atoms with Crippen LogP contribution < -0.4 is 5.32 Å². The molecule has 0 rings (SSSR count). The average molecular weight is 428 g/mol. The van der Waals surface area contributed by atoms with Gasteiger partial charge in [0.05, 0.1) is 6.61 Å². The minimum atomic E-state index is -4.45. The fourth-order valence-electron chi connectivity index (χ4n) is 2.38. The van der Waals surface area contributed by atoms with Crippen molar-refractivity contribution in [1.82, 2.24) is 5.32 Å². The smallest absolute Gasteiger partial charge is 0.354 e. The number of nitrogens with one attached hydrogen (secondary N) is 1. The minimum Gasteiger partial charge on any atom is -0.354 e. The summed E-state index contributed by atoms with van der Waals surface area (Å²) in [5.41, 5.74) is 0. The van der Waals surface area contributed by atoms with Crippen LogP contribution in [0.3, 0.4) is 0 Å². The molecule has 0 radical (unpaired) electrons. The molecule has 0 aliphatic heterocycles. The van der Waals surface area contributed by atoms with Crippen LogP contribution in [-0.4, -0.2) is 28.8 Å². The lowest BCUT2D eigenvalue weighted by Gasteiger charge is -2.06. The predicted molar refractivity (Wildman–Crippen MR) is 119 cm³/mol. The number of amides is 1. The largest absolute Gasteiger partial charge is 0.469 e. The summed E-state index contributed by atoms with van der Waals surface area (Å²) >= 11 is 0. The van der Waals surface area contributed by atoms with Crippen molar-refractivity contribution < 1.29 is 23.7 Å². The molecule has 166 valence electrons. The highest BCUT2D eigenvalue weighted by Crippen LogP contribution is 2.35. The molecule has 0 aliphatic carbocycles. The summed E-state index contributed by atoms with van der Waals surface area (Å²) in [6.45, 7) is 2.11. The number of rotatable bonds is 18. The van der Waals surface area contributed by atoms with Gasteiger partial charge in [0.15, 0.2) is 0 Å². The van der Waals surface area contributed by atoms with Gasteiger partial charge in [0.2, 0.25) is 5.91 Å². The van der Waals surface area contributed by atoms with Gasteiger partial charge < -0.3 is 15.1 Å². The monoisotopic (exact) mass is 427 g/mol. The highest BCUT2D eigenvalue weighted by atomic mass is 31.2. The molecule has 0 aromatic carbocycles. The zero-order valence-corrected chi connectivity index (χ0v) is 18.6. The molecule has 0 atom stereocenters. The SMILES string of the molecule is CCCCC/C=C\C/C=C\C/C=C/C/C=C\CCCC(=O)NCCOP(=O)(O)O. The van der Waals surface area contributed by atoms with E-state index in [-0.39, 0.29) is 19.1 Å². The third-order valence-electron chi connectivity index (χ3n) is 3.92. The summed E-state index contributed by atoms with van der Waals surface area (Å²) in [5.74, 6) is -0.143. The van der Waals surface area contributed by atoms with Crippen molar-refractivity contribution in [2.45, 2.75) is 71.1 Å². The molecule has 0 bridgehead atoms. The van der Waals surface area contributed by atoms with E-state index in [1.807, 2.05) is 0 Å². The van der Waals surface area contributed by atoms with Crippen LogP contribution in [0.1, 0.15) is 71.1 Å². The topological polar surface area (TPSA) is 95.9 Å². The van der Waals surface area contributed by atoms with Crippen LogP contribution in [0.25, 0.3) is 0 Å². The van der Waals surface area contributed by atoms with Gasteiger partial charge in [-0.3, -0.25) is 9.32 Å². The predicted octanol–water partition coefficient (Wildman–Crippen LogP) is 5.36. The summed E-state index contributed by atoms with van der Waals surface area (Å²) in [4.78, 5) is 28.5. The Labute approximate surface area is 176 Å². The molecule has 0 saturated heterocycles. The van der Waals surface area contributed by atoms with Crippen molar-refractivity contribution in [1.29, 1.82) is 0 Å². The third-order valence-corrected chi connectivity index (χ3v) is 4.43. The molecule has 0 fully saturated rings. The first-order valence-electron chi connectivity index (χ1n) is 10.5. The first kappa shape index (κ1) is 27.5. The van der Waals surface area contributed by atoms with E-state index in [9.17, 15) is 9.36 Å². The molecule has 0 aromatic heterocycles. The Hall–Kier alpha value is -1.46. The van der Waals surface area contributed by atoms with Crippen LogP contribution >= 0.6 is 7.82 Å². The van der Waals surface area contributed by atoms with Gasteiger partial charge in [-0.1, -0.05) is 68.4 Å². The van der Waals surface area contributed by atoms with Crippen molar-refractivity contribution in [3.8, 4) is 0 Å². The van der Waals surface area contributed by atoms with Crippen LogP contribution in [0.15, 0.2) is 48.6 Å². The summed E-state index contributed by atoms with van der Waals surface area (Å²) in [7, 11) is -4.45. The Bertz CT molecular complexity index is 564. The normalized spacial score (nSPS) is 12.8. The fourth-order valence-corrected chi connectivity index (χ4v) is 2.71. The molecule has 0 unspecified atom stereocenters. The van der Waals surface area contributed by atoms with E-state index >= 15 is 0 Å². The van der Waals surface area contributed by atoms with Gasteiger partial charge in [-0.25, -0.2) is 4.57 Å². The second-order valence-electron chi connectivity index (χ2n) is 6.65. The van der Waals surface area contributed by atoms with Crippen molar-refractivity contribution in [3.63, 3.8) is 0 Å². The zero-order valence-electron chi connectivity index (χ0n) is 17.7. The van der Waals surface area contributed by atoms with Crippen LogP contribution in [0, 0.1) is 0 Å². The minimum absolute atomic E-state index is 0.0915. The van der Waals surface area contributed by atoms with Crippen LogP contribution in [-0.2, 0) is 13.9 Å². The van der Waals surface area contributed by atoms with E-state index in [2.05, 4.69) is 65.4 Å². The molecule has 7 heteroatoms. The molecule has 3 N–H and O–H groups in total. The van der Waals surface area contributed by atoms with Gasteiger partial charge in [-0.15, -0.1) is 0 Å². The molecule has 6 nitrogen and oxygen atoms in total. The van der Waals surface area contributed by atoms with Crippen LogP contribution in [0.5, 0.6) is 0 Å². The number of hydrogen-bond acceptors (Lipinski definition) is 3. The molecule has 0 heterocycles. The molecular weight excluding hydrogens is 389 g/mol. The van der Waals surface area contributed by atoms with E-state index in [1.54, 1.807) is 0 Å². The maximum absolute atomic E-state index is 11.5. The van der Waals surface area contributed by atoms with Gasteiger partial charge in [-0.2, -0.15) is 0 Å². The molecular formula is C22H38NO5P. The zero-order chi connectivity index (χ0) is 21.6. The van der Waals surface area contributed by atoms with Crippen molar-refractivity contribution in [2.75, 3.05) is 13.2 Å². The van der Waals surface area contributed by atoms with Crippen LogP contribution in [0.4, 0.5) is 0 Å². The quantitative estimate of drug-likeness (QED) is 0.155. The Morgan fingerprint density at radius 3 is 1.90 bits per heavy atom. The Morgan fingerprint density at radius 1 is 0.862 bits per heavy atom. The Balaban J connectivity index is 3.51. The number of carbonyl (C=O) groups excluding carboxylic acids is 1. The highest BCUT2D eigenvalue weighted by Gasteiger charge is 2.12. The standard InChI is InChI=1S/C22H38NO5P/c1-2-3-4-5-6-7-8-9-10-11-12-13-14-15-16-17-18-19-22(24)23-20-21-28-29(25,26)27/h6-7,9-10,12-13,15-16H,2-5,8,11,14,17-21H2,1H3,(H,23,24)(H2,25,26,27)/b7-6-,10-9-,13-12+,16-15-.